The molecule has 5 nitrogen and oxygen atoms in total. The van der Waals surface area contributed by atoms with Crippen LogP contribution in [0.15, 0.2) is 54.6 Å². The van der Waals surface area contributed by atoms with Gasteiger partial charge in [0.1, 0.15) is 5.75 Å². The molecule has 1 N–H and O–H groups in total. The summed E-state index contributed by atoms with van der Waals surface area (Å²) in [6.45, 7) is 10.7. The number of hydrogen-bond acceptors (Lipinski definition) is 4. The van der Waals surface area contributed by atoms with Gasteiger partial charge in [0, 0.05) is 26.2 Å². The van der Waals surface area contributed by atoms with Gasteiger partial charge in [0.2, 0.25) is 0 Å². The van der Waals surface area contributed by atoms with E-state index in [2.05, 4.69) is 55.3 Å². The van der Waals surface area contributed by atoms with Crippen LogP contribution in [0.5, 0.6) is 5.75 Å². The Bertz CT molecular complexity index is 784. The number of benzene rings is 2. The van der Waals surface area contributed by atoms with Gasteiger partial charge < -0.3 is 14.8 Å². The van der Waals surface area contributed by atoms with E-state index in [1.807, 2.05) is 30.3 Å². The lowest BCUT2D eigenvalue weighted by Gasteiger charge is -2.33. The monoisotopic (exact) mass is 410 g/mol. The molecular weight excluding hydrogens is 376 g/mol. The molecule has 1 heterocycles. The predicted molar refractivity (Wildman–Crippen MR) is 120 cm³/mol. The van der Waals surface area contributed by atoms with Crippen LogP contribution in [0.2, 0.25) is 0 Å². The second kappa shape index (κ2) is 10.6. The molecule has 2 aromatic rings. The Balaban J connectivity index is 1.32. The van der Waals surface area contributed by atoms with Gasteiger partial charge in [-0.2, -0.15) is 0 Å². The first-order valence-electron chi connectivity index (χ1n) is 10.8. The van der Waals surface area contributed by atoms with Crippen LogP contribution in [-0.2, 0) is 14.9 Å². The summed E-state index contributed by atoms with van der Waals surface area (Å²) in [5, 5.41) is 2.95. The van der Waals surface area contributed by atoms with E-state index in [0.717, 1.165) is 38.4 Å². The molecule has 2 aromatic carbocycles. The molecule has 0 spiro atoms. The highest BCUT2D eigenvalue weighted by atomic mass is 16.5. The van der Waals surface area contributed by atoms with Gasteiger partial charge in [-0.05, 0) is 35.1 Å². The van der Waals surface area contributed by atoms with E-state index >= 15 is 0 Å². The number of carbonyl (C=O) groups is 1. The molecule has 1 aliphatic rings. The van der Waals surface area contributed by atoms with Gasteiger partial charge in [-0.3, -0.25) is 9.69 Å². The highest BCUT2D eigenvalue weighted by Crippen LogP contribution is 2.24. The number of nitrogens with zero attached hydrogens (tertiary/aromatic N) is 1. The van der Waals surface area contributed by atoms with Crippen molar-refractivity contribution in [3.8, 4) is 5.75 Å². The minimum Gasteiger partial charge on any atom is -0.484 e. The normalized spacial score (nSPS) is 17.5. The van der Waals surface area contributed by atoms with Crippen molar-refractivity contribution in [3.63, 3.8) is 0 Å². The maximum Gasteiger partial charge on any atom is 0.257 e. The van der Waals surface area contributed by atoms with Crippen LogP contribution in [0.1, 0.15) is 44.4 Å². The van der Waals surface area contributed by atoms with Gasteiger partial charge in [-0.25, -0.2) is 0 Å². The first-order chi connectivity index (χ1) is 14.4. The van der Waals surface area contributed by atoms with Crippen LogP contribution >= 0.6 is 0 Å². The van der Waals surface area contributed by atoms with Crippen LogP contribution in [-0.4, -0.2) is 50.2 Å². The molecule has 1 fully saturated rings. The lowest BCUT2D eigenvalue weighted by atomic mass is 9.87. The average Bonchev–Trinajstić information content (AvgIpc) is 2.76. The van der Waals surface area contributed by atoms with Crippen molar-refractivity contribution in [2.75, 3.05) is 39.4 Å². The van der Waals surface area contributed by atoms with Crippen molar-refractivity contribution in [3.05, 3.63) is 65.7 Å². The smallest absolute Gasteiger partial charge is 0.257 e. The Hall–Kier alpha value is -2.37. The fourth-order valence-electron chi connectivity index (χ4n) is 3.56. The van der Waals surface area contributed by atoms with Crippen molar-refractivity contribution >= 4 is 5.91 Å². The molecule has 0 radical (unpaired) electrons. The molecule has 0 bridgehead atoms. The maximum absolute atomic E-state index is 12.1. The minimum absolute atomic E-state index is 0.0441. The van der Waals surface area contributed by atoms with Crippen molar-refractivity contribution in [1.29, 1.82) is 0 Å². The molecule has 5 heteroatoms. The Morgan fingerprint density at radius 1 is 1.13 bits per heavy atom. The Morgan fingerprint density at radius 3 is 2.57 bits per heavy atom. The highest BCUT2D eigenvalue weighted by molar-refractivity contribution is 5.77. The summed E-state index contributed by atoms with van der Waals surface area (Å²) in [7, 11) is 0. The summed E-state index contributed by atoms with van der Waals surface area (Å²) in [6, 6.07) is 18.3. The molecule has 0 saturated carbocycles. The second-order valence-corrected chi connectivity index (χ2v) is 8.84. The number of morpholine rings is 1. The molecule has 162 valence electrons. The van der Waals surface area contributed by atoms with Gasteiger partial charge >= 0.3 is 0 Å². The van der Waals surface area contributed by atoms with Crippen LogP contribution in [0.3, 0.4) is 0 Å². The number of nitrogens with one attached hydrogen (secondary N) is 1. The van der Waals surface area contributed by atoms with Gasteiger partial charge in [0.15, 0.2) is 6.61 Å². The van der Waals surface area contributed by atoms with Gasteiger partial charge in [0.05, 0.1) is 12.7 Å². The average molecular weight is 411 g/mol. The topological polar surface area (TPSA) is 50.8 Å². The third-order valence-electron chi connectivity index (χ3n) is 5.39. The number of ether oxygens (including phenoxy) is 2. The summed E-state index contributed by atoms with van der Waals surface area (Å²) in [6.07, 6.45) is 1.04. The number of carbonyl (C=O) groups excluding carboxylic acids is 1. The van der Waals surface area contributed by atoms with E-state index in [1.54, 1.807) is 0 Å². The summed E-state index contributed by atoms with van der Waals surface area (Å²) in [4.78, 5) is 14.5. The van der Waals surface area contributed by atoms with Gasteiger partial charge in [-0.1, -0.05) is 63.2 Å². The lowest BCUT2D eigenvalue weighted by molar-refractivity contribution is -0.123. The van der Waals surface area contributed by atoms with Crippen LogP contribution < -0.4 is 10.1 Å². The summed E-state index contributed by atoms with van der Waals surface area (Å²) in [5.41, 5.74) is 2.58. The standard InChI is InChI=1S/C25H34N2O3/c1-25(2,3)21-10-12-22(13-11-21)30-19-24(28)26-14-7-15-27-16-17-29-23(18-27)20-8-5-4-6-9-20/h4-6,8-13,23H,7,14-19H2,1-3H3,(H,26,28)/t23-/m0/s1. The number of rotatable bonds is 8. The molecule has 1 aliphatic heterocycles. The van der Waals surface area contributed by atoms with E-state index in [4.69, 9.17) is 9.47 Å². The van der Waals surface area contributed by atoms with E-state index in [0.29, 0.717) is 6.54 Å². The van der Waals surface area contributed by atoms with Crippen LogP contribution in [0, 0.1) is 0 Å². The fourth-order valence-corrected chi connectivity index (χ4v) is 3.56. The zero-order valence-corrected chi connectivity index (χ0v) is 18.4. The SMILES string of the molecule is CC(C)(C)c1ccc(OCC(=O)NCCCN2CCO[C@H](c3ccccc3)C2)cc1. The molecule has 1 atom stereocenters. The van der Waals surface area contributed by atoms with Crippen molar-refractivity contribution in [1.82, 2.24) is 10.2 Å². The zero-order valence-electron chi connectivity index (χ0n) is 18.4. The predicted octanol–water partition coefficient (Wildman–Crippen LogP) is 3.94. The van der Waals surface area contributed by atoms with Crippen molar-refractivity contribution in [2.45, 2.75) is 38.7 Å². The Kier molecular flexibility index (Phi) is 7.88. The molecule has 0 aliphatic carbocycles. The molecule has 30 heavy (non-hydrogen) atoms. The summed E-state index contributed by atoms with van der Waals surface area (Å²) in [5.74, 6) is 0.637. The van der Waals surface area contributed by atoms with Gasteiger partial charge in [-0.15, -0.1) is 0 Å². The first-order valence-corrected chi connectivity index (χ1v) is 10.8. The Labute approximate surface area is 180 Å². The molecule has 0 aromatic heterocycles. The third-order valence-corrected chi connectivity index (χ3v) is 5.39. The van der Waals surface area contributed by atoms with Crippen molar-refractivity contribution < 1.29 is 14.3 Å². The first kappa shape index (κ1) is 22.3. The van der Waals surface area contributed by atoms with Crippen molar-refractivity contribution in [2.24, 2.45) is 0 Å². The largest absolute Gasteiger partial charge is 0.484 e. The summed E-state index contributed by atoms with van der Waals surface area (Å²) < 4.78 is 11.5. The third kappa shape index (κ3) is 6.85. The van der Waals surface area contributed by atoms with E-state index in [-0.39, 0.29) is 24.0 Å². The minimum atomic E-state index is -0.0842. The Morgan fingerprint density at radius 2 is 1.87 bits per heavy atom. The van der Waals surface area contributed by atoms with Crippen LogP contribution in [0.4, 0.5) is 0 Å². The molecule has 0 unspecified atom stereocenters. The maximum atomic E-state index is 12.1. The quantitative estimate of drug-likeness (QED) is 0.670. The van der Waals surface area contributed by atoms with Gasteiger partial charge in [0.25, 0.3) is 5.91 Å². The molecule has 1 amide bonds. The molecule has 3 rings (SSSR count). The van der Waals surface area contributed by atoms with E-state index < -0.39 is 0 Å². The fraction of sp³-hybridized carbons (Fsp3) is 0.480. The number of amides is 1. The van der Waals surface area contributed by atoms with E-state index in [9.17, 15) is 4.79 Å². The molecular formula is C25H34N2O3. The zero-order chi connectivity index (χ0) is 21.4. The lowest BCUT2D eigenvalue weighted by Crippen LogP contribution is -2.40. The number of hydrogen-bond donors (Lipinski definition) is 1. The second-order valence-electron chi connectivity index (χ2n) is 8.84. The highest BCUT2D eigenvalue weighted by Gasteiger charge is 2.21. The van der Waals surface area contributed by atoms with E-state index in [1.165, 1.54) is 11.1 Å². The summed E-state index contributed by atoms with van der Waals surface area (Å²) >= 11 is 0. The molecule has 1 saturated heterocycles. The van der Waals surface area contributed by atoms with Crippen LogP contribution in [0.25, 0.3) is 0 Å².